The van der Waals surface area contributed by atoms with Gasteiger partial charge in [-0.25, -0.2) is 0 Å². The van der Waals surface area contributed by atoms with Crippen LogP contribution in [0.15, 0.2) is 41.8 Å². The van der Waals surface area contributed by atoms with Gasteiger partial charge >= 0.3 is 5.97 Å². The monoisotopic (exact) mass is 387 g/mol. The van der Waals surface area contributed by atoms with E-state index in [0.29, 0.717) is 6.54 Å². The van der Waals surface area contributed by atoms with Crippen molar-refractivity contribution in [1.82, 2.24) is 5.32 Å². The highest BCUT2D eigenvalue weighted by Crippen LogP contribution is 2.20. The predicted octanol–water partition coefficient (Wildman–Crippen LogP) is 3.31. The van der Waals surface area contributed by atoms with Crippen molar-refractivity contribution in [3.8, 4) is 0 Å². The topological polar surface area (TPSA) is 49.3 Å². The van der Waals surface area contributed by atoms with Crippen LogP contribution < -0.4 is 5.32 Å². The number of hydrogen-bond donors (Lipinski definition) is 2. The molecule has 19 heavy (non-hydrogen) atoms. The van der Waals surface area contributed by atoms with Crippen molar-refractivity contribution in [2.24, 2.45) is 0 Å². The van der Waals surface area contributed by atoms with Crippen LogP contribution in [0.1, 0.15) is 16.5 Å². The average Bonchev–Trinajstić information content (AvgIpc) is 2.89. The lowest BCUT2D eigenvalue weighted by Gasteiger charge is -2.16. The van der Waals surface area contributed by atoms with Gasteiger partial charge in [0.2, 0.25) is 0 Å². The molecule has 2 rings (SSSR count). The minimum atomic E-state index is -0.838. The molecule has 1 atom stereocenters. The van der Waals surface area contributed by atoms with Gasteiger partial charge in [0.25, 0.3) is 0 Å². The van der Waals surface area contributed by atoms with Crippen LogP contribution in [-0.4, -0.2) is 17.6 Å². The summed E-state index contributed by atoms with van der Waals surface area (Å²) in [7, 11) is 0. The smallest absolute Gasteiger partial charge is 0.325 e. The molecule has 1 aromatic heterocycles. The molecule has 0 aliphatic heterocycles. The maximum Gasteiger partial charge on any atom is 0.325 e. The van der Waals surface area contributed by atoms with Crippen LogP contribution in [-0.2, 0) is 11.2 Å². The fourth-order valence-electron chi connectivity index (χ4n) is 1.83. The normalized spacial score (nSPS) is 12.3. The van der Waals surface area contributed by atoms with Crippen molar-refractivity contribution in [2.45, 2.75) is 12.5 Å². The van der Waals surface area contributed by atoms with Crippen LogP contribution in [0.4, 0.5) is 0 Å². The number of benzene rings is 1. The molecule has 0 aliphatic carbocycles. The van der Waals surface area contributed by atoms with Crippen molar-refractivity contribution in [3.63, 3.8) is 0 Å². The molecule has 1 unspecified atom stereocenters. The molecule has 1 heterocycles. The van der Waals surface area contributed by atoms with E-state index in [4.69, 9.17) is 0 Å². The predicted molar refractivity (Wildman–Crippen MR) is 85.6 cm³/mol. The SMILES string of the molecule is O=C(O)C(NCCc1cccs1)c1ccccc1I. The molecular weight excluding hydrogens is 373 g/mol. The number of carboxylic acids is 1. The van der Waals surface area contributed by atoms with Gasteiger partial charge in [-0.2, -0.15) is 0 Å². The van der Waals surface area contributed by atoms with E-state index in [1.165, 1.54) is 4.88 Å². The Morgan fingerprint density at radius 2 is 2.11 bits per heavy atom. The van der Waals surface area contributed by atoms with Crippen LogP contribution in [0, 0.1) is 3.57 Å². The van der Waals surface area contributed by atoms with Gasteiger partial charge in [-0.05, 0) is 52.1 Å². The summed E-state index contributed by atoms with van der Waals surface area (Å²) >= 11 is 3.86. The summed E-state index contributed by atoms with van der Waals surface area (Å²) in [6.45, 7) is 0.655. The maximum atomic E-state index is 11.4. The summed E-state index contributed by atoms with van der Waals surface area (Å²) < 4.78 is 0.969. The van der Waals surface area contributed by atoms with Gasteiger partial charge in [0, 0.05) is 15.0 Å². The minimum absolute atomic E-state index is 0.645. The Balaban J connectivity index is 2.01. The fraction of sp³-hybridized carbons (Fsp3) is 0.214. The number of hydrogen-bond acceptors (Lipinski definition) is 3. The van der Waals surface area contributed by atoms with E-state index in [9.17, 15) is 9.90 Å². The van der Waals surface area contributed by atoms with Crippen LogP contribution in [0.5, 0.6) is 0 Å². The summed E-state index contributed by atoms with van der Waals surface area (Å²) in [4.78, 5) is 12.6. The molecule has 0 saturated heterocycles. The Labute approximate surface area is 129 Å². The maximum absolute atomic E-state index is 11.4. The van der Waals surface area contributed by atoms with Gasteiger partial charge in [0.05, 0.1) is 0 Å². The summed E-state index contributed by atoms with van der Waals surface area (Å²) in [6, 6.07) is 11.0. The molecular formula is C14H14INO2S. The van der Waals surface area contributed by atoms with Crippen LogP contribution in [0.3, 0.4) is 0 Å². The van der Waals surface area contributed by atoms with E-state index in [2.05, 4.69) is 34.0 Å². The molecule has 0 amide bonds. The Bertz CT molecular complexity index is 542. The molecule has 0 aliphatic rings. The third-order valence-electron chi connectivity index (χ3n) is 2.76. The number of rotatable bonds is 6. The number of nitrogens with one attached hydrogen (secondary N) is 1. The second kappa shape index (κ2) is 7.02. The van der Waals surface area contributed by atoms with Crippen LogP contribution in [0.25, 0.3) is 0 Å². The van der Waals surface area contributed by atoms with Gasteiger partial charge in [-0.15, -0.1) is 11.3 Å². The second-order valence-corrected chi connectivity index (χ2v) is 6.27. The summed E-state index contributed by atoms with van der Waals surface area (Å²) in [6.07, 6.45) is 0.852. The second-order valence-electron chi connectivity index (χ2n) is 4.08. The molecule has 0 saturated carbocycles. The lowest BCUT2D eigenvalue weighted by atomic mass is 10.1. The first-order chi connectivity index (χ1) is 9.18. The van der Waals surface area contributed by atoms with Crippen molar-refractivity contribution in [2.75, 3.05) is 6.54 Å². The lowest BCUT2D eigenvalue weighted by molar-refractivity contribution is -0.139. The van der Waals surface area contributed by atoms with E-state index in [1.54, 1.807) is 11.3 Å². The van der Waals surface area contributed by atoms with E-state index in [0.717, 1.165) is 15.6 Å². The fourth-order valence-corrected chi connectivity index (χ4v) is 3.24. The zero-order valence-electron chi connectivity index (χ0n) is 10.2. The van der Waals surface area contributed by atoms with Crippen molar-refractivity contribution in [3.05, 3.63) is 55.8 Å². The highest BCUT2D eigenvalue weighted by atomic mass is 127. The van der Waals surface area contributed by atoms with Crippen molar-refractivity contribution in [1.29, 1.82) is 0 Å². The highest BCUT2D eigenvalue weighted by Gasteiger charge is 2.20. The first kappa shape index (κ1) is 14.5. The Kier molecular flexibility index (Phi) is 5.35. The first-order valence-corrected chi connectivity index (χ1v) is 7.87. The summed E-state index contributed by atoms with van der Waals surface area (Å²) in [5, 5.41) is 14.5. The molecule has 100 valence electrons. The van der Waals surface area contributed by atoms with Gasteiger partial charge in [0.15, 0.2) is 0 Å². The molecule has 0 spiro atoms. The molecule has 1 aromatic carbocycles. The third-order valence-corrected chi connectivity index (χ3v) is 4.68. The van der Waals surface area contributed by atoms with Gasteiger partial charge in [-0.3, -0.25) is 4.79 Å². The molecule has 0 fully saturated rings. The highest BCUT2D eigenvalue weighted by molar-refractivity contribution is 14.1. The van der Waals surface area contributed by atoms with Gasteiger partial charge in [-0.1, -0.05) is 24.3 Å². The Morgan fingerprint density at radius 3 is 2.74 bits per heavy atom. The zero-order chi connectivity index (χ0) is 13.7. The van der Waals surface area contributed by atoms with Gasteiger partial charge in [0.1, 0.15) is 6.04 Å². The summed E-state index contributed by atoms with van der Waals surface area (Å²) in [5.41, 5.74) is 0.821. The molecule has 0 bridgehead atoms. The number of thiophene rings is 1. The molecule has 2 N–H and O–H groups in total. The third kappa shape index (κ3) is 4.02. The molecule has 2 aromatic rings. The minimum Gasteiger partial charge on any atom is -0.480 e. The Morgan fingerprint density at radius 1 is 1.32 bits per heavy atom. The number of aliphatic carboxylic acids is 1. The molecule has 3 nitrogen and oxygen atoms in total. The van der Waals surface area contributed by atoms with Crippen molar-refractivity contribution >= 4 is 39.9 Å². The number of carbonyl (C=O) groups is 1. The van der Waals surface area contributed by atoms with E-state index < -0.39 is 12.0 Å². The number of carboxylic acid groups (broad SMARTS) is 1. The lowest BCUT2D eigenvalue weighted by Crippen LogP contribution is -2.30. The van der Waals surface area contributed by atoms with Crippen LogP contribution >= 0.6 is 33.9 Å². The average molecular weight is 387 g/mol. The largest absolute Gasteiger partial charge is 0.480 e. The molecule has 5 heteroatoms. The summed E-state index contributed by atoms with van der Waals surface area (Å²) in [5.74, 6) is -0.838. The van der Waals surface area contributed by atoms with Crippen molar-refractivity contribution < 1.29 is 9.90 Å². The Hall–Kier alpha value is -0.920. The zero-order valence-corrected chi connectivity index (χ0v) is 13.1. The van der Waals surface area contributed by atoms with E-state index in [1.807, 2.05) is 35.7 Å². The van der Waals surface area contributed by atoms with E-state index >= 15 is 0 Å². The van der Waals surface area contributed by atoms with Gasteiger partial charge < -0.3 is 10.4 Å². The standard InChI is InChI=1S/C14H14INO2S/c15-12-6-2-1-5-11(12)13(14(17)18)16-8-7-10-4-3-9-19-10/h1-6,9,13,16H,7-8H2,(H,17,18). The quantitative estimate of drug-likeness (QED) is 0.748. The molecule has 0 radical (unpaired) electrons. The van der Waals surface area contributed by atoms with Crippen LogP contribution in [0.2, 0.25) is 0 Å². The van der Waals surface area contributed by atoms with E-state index in [-0.39, 0.29) is 0 Å². The first-order valence-electron chi connectivity index (χ1n) is 5.91. The number of halogens is 1.